The number of hydrogen-bond donors (Lipinski definition) is 2. The molecule has 4 atom stereocenters. The fourth-order valence-corrected chi connectivity index (χ4v) is 5.93. The van der Waals surface area contributed by atoms with Crippen molar-refractivity contribution in [3.8, 4) is 11.8 Å². The topological polar surface area (TPSA) is 146 Å². The van der Waals surface area contributed by atoms with Crippen LogP contribution in [0.4, 0.5) is 14.0 Å². The minimum atomic E-state index is -1.14. The Morgan fingerprint density at radius 1 is 1.11 bits per heavy atom. The van der Waals surface area contributed by atoms with Crippen molar-refractivity contribution in [1.82, 2.24) is 20.4 Å². The third-order valence-electron chi connectivity index (χ3n) is 8.84. The Balaban J connectivity index is 1.58. The molecule has 1 aromatic rings. The van der Waals surface area contributed by atoms with Gasteiger partial charge in [-0.25, -0.2) is 9.18 Å². The van der Waals surface area contributed by atoms with Crippen molar-refractivity contribution in [3.63, 3.8) is 0 Å². The van der Waals surface area contributed by atoms with Gasteiger partial charge in [-0.15, -0.1) is 0 Å². The number of alkyl carbamates (subject to hydrolysis) is 1. The van der Waals surface area contributed by atoms with Crippen LogP contribution in [-0.4, -0.2) is 77.6 Å². The molecule has 2 N–H and O–H groups in total. The molecule has 12 heteroatoms. The lowest BCUT2D eigenvalue weighted by atomic mass is 9.84. The number of ether oxygens (including phenoxy) is 2. The van der Waals surface area contributed by atoms with Gasteiger partial charge >= 0.3 is 6.09 Å². The van der Waals surface area contributed by atoms with E-state index in [0.29, 0.717) is 56.7 Å². The average molecular weight is 642 g/mol. The highest BCUT2D eigenvalue weighted by Crippen LogP contribution is 2.30. The highest BCUT2D eigenvalue weighted by Gasteiger charge is 2.38. The van der Waals surface area contributed by atoms with Crippen LogP contribution in [0.25, 0.3) is 5.41 Å². The second kappa shape index (κ2) is 16.1. The largest absolute Gasteiger partial charge is 0.493 e. The summed E-state index contributed by atoms with van der Waals surface area (Å²) < 4.78 is 26.8. The van der Waals surface area contributed by atoms with E-state index in [2.05, 4.69) is 23.6 Å². The lowest BCUT2D eigenvalue weighted by molar-refractivity contribution is -0.134. The molecule has 0 bridgehead atoms. The van der Waals surface area contributed by atoms with Crippen LogP contribution in [-0.2, 0) is 9.53 Å². The molecule has 0 unspecified atom stereocenters. The summed E-state index contributed by atoms with van der Waals surface area (Å²) >= 11 is 0. The fraction of sp³-hybridized carbons (Fsp3) is 0.676. The van der Waals surface area contributed by atoms with Crippen molar-refractivity contribution in [1.29, 1.82) is 5.26 Å². The molecule has 254 valence electrons. The van der Waals surface area contributed by atoms with Gasteiger partial charge in [0.1, 0.15) is 29.3 Å². The number of urea groups is 1. The van der Waals surface area contributed by atoms with E-state index < -0.39 is 41.4 Å². The zero-order chi connectivity index (χ0) is 34.2. The molecule has 2 heterocycles. The van der Waals surface area contributed by atoms with Gasteiger partial charge in [0.15, 0.2) is 0 Å². The van der Waals surface area contributed by atoms with E-state index in [4.69, 9.17) is 9.47 Å². The Morgan fingerprint density at radius 2 is 1.78 bits per heavy atom. The number of nitrogens with zero attached hydrogens (tertiary/aromatic N) is 4. The Kier molecular flexibility index (Phi) is 12.8. The molecular formula is C34H50FN6O5-. The van der Waals surface area contributed by atoms with E-state index in [0.717, 1.165) is 19.3 Å². The maximum absolute atomic E-state index is 15.5. The first-order valence-electron chi connectivity index (χ1n) is 16.3. The number of hydrogen-bond acceptors (Lipinski definition) is 6. The molecule has 1 aromatic carbocycles. The summed E-state index contributed by atoms with van der Waals surface area (Å²) in [5.74, 6) is -0.833. The number of halogens is 1. The van der Waals surface area contributed by atoms with Crippen molar-refractivity contribution < 1.29 is 28.2 Å². The summed E-state index contributed by atoms with van der Waals surface area (Å²) in [5.41, 5.74) is -0.561. The Bertz CT molecular complexity index is 1280. The van der Waals surface area contributed by atoms with E-state index in [1.165, 1.54) is 11.0 Å². The van der Waals surface area contributed by atoms with Crippen molar-refractivity contribution in [2.45, 2.75) is 104 Å². The highest BCUT2D eigenvalue weighted by atomic mass is 19.1. The molecule has 0 radical (unpaired) electrons. The summed E-state index contributed by atoms with van der Waals surface area (Å²) in [6, 6.07) is 4.65. The molecule has 2 aliphatic heterocycles. The first kappa shape index (κ1) is 36.6. The monoisotopic (exact) mass is 641 g/mol. The molecule has 2 saturated heterocycles. The van der Waals surface area contributed by atoms with Crippen LogP contribution in [0.1, 0.15) is 92.1 Å². The molecule has 3 rings (SSSR count). The van der Waals surface area contributed by atoms with Crippen molar-refractivity contribution in [3.05, 3.63) is 35.0 Å². The van der Waals surface area contributed by atoms with Gasteiger partial charge in [0, 0.05) is 31.6 Å². The third-order valence-corrected chi connectivity index (χ3v) is 8.84. The Morgan fingerprint density at radius 3 is 2.37 bits per heavy atom. The van der Waals surface area contributed by atoms with E-state index in [1.807, 2.05) is 13.8 Å². The molecule has 2 fully saturated rings. The number of amidine groups is 1. The van der Waals surface area contributed by atoms with Gasteiger partial charge in [0.2, 0.25) is 11.9 Å². The summed E-state index contributed by atoms with van der Waals surface area (Å²) in [6.45, 7) is 14.6. The number of likely N-dealkylation sites (tertiary alicyclic amines) is 2. The normalized spacial score (nSPS) is 19.2. The van der Waals surface area contributed by atoms with Crippen molar-refractivity contribution >= 4 is 23.9 Å². The third kappa shape index (κ3) is 10.1. The van der Waals surface area contributed by atoms with Gasteiger partial charge in [0.25, 0.3) is 0 Å². The maximum Gasteiger partial charge on any atom is 0.408 e. The second-order valence-electron chi connectivity index (χ2n) is 13.8. The first-order chi connectivity index (χ1) is 21.6. The minimum absolute atomic E-state index is 0.0295. The molecule has 4 amide bonds. The van der Waals surface area contributed by atoms with Gasteiger partial charge in [-0.3, -0.25) is 9.59 Å². The van der Waals surface area contributed by atoms with E-state index >= 15 is 4.39 Å². The summed E-state index contributed by atoms with van der Waals surface area (Å²) in [6.07, 6.45) is 2.89. The predicted molar refractivity (Wildman–Crippen MR) is 174 cm³/mol. The minimum Gasteiger partial charge on any atom is -0.493 e. The standard InChI is InChI=1S/C34H50FN6O5/c1-21(2)30(37)39-32(43)40-16-12-24(13-17-40)22(3)14-18-45-26-10-11-27(28(35)19-26)23(4)29(38-33(44)46-34(5,6)7)31(42)41-15-8-9-25(41)20-36/h10-11,19,21-25,29H,8-9,12-18H2,1-7H3,(H2-,37,38,39,43,44)/q-1/t22-,23+,25+,29+/m1/s1. The molecule has 0 aliphatic carbocycles. The molecule has 0 saturated carbocycles. The van der Waals surface area contributed by atoms with Crippen LogP contribution < -0.4 is 15.4 Å². The first-order valence-corrected chi connectivity index (χ1v) is 16.3. The number of nitriles is 1. The molecule has 11 nitrogen and oxygen atoms in total. The molecule has 0 aromatic heterocycles. The molecular weight excluding hydrogens is 591 g/mol. The van der Waals surface area contributed by atoms with Crippen LogP contribution in [0.5, 0.6) is 5.75 Å². The Hall–Kier alpha value is -3.88. The maximum atomic E-state index is 15.5. The second-order valence-corrected chi connectivity index (χ2v) is 13.8. The van der Waals surface area contributed by atoms with Crippen LogP contribution in [0.3, 0.4) is 0 Å². The van der Waals surface area contributed by atoms with Gasteiger partial charge in [0.05, 0.1) is 12.7 Å². The summed E-state index contributed by atoms with van der Waals surface area (Å²) in [5, 5.41) is 24.6. The number of rotatable bonds is 10. The number of piperidine rings is 1. The number of carbonyl (C=O) groups excluding carboxylic acids is 3. The summed E-state index contributed by atoms with van der Waals surface area (Å²) in [4.78, 5) is 41.8. The van der Waals surface area contributed by atoms with Gasteiger partial charge in [-0.1, -0.05) is 39.6 Å². The van der Waals surface area contributed by atoms with Crippen LogP contribution in [0.15, 0.2) is 18.2 Å². The van der Waals surface area contributed by atoms with Crippen LogP contribution >= 0.6 is 0 Å². The highest BCUT2D eigenvalue weighted by molar-refractivity contribution is 6.00. The zero-order valence-electron chi connectivity index (χ0n) is 28.3. The van der Waals surface area contributed by atoms with E-state index in [1.54, 1.807) is 44.7 Å². The number of amides is 4. The van der Waals surface area contributed by atoms with Gasteiger partial charge < -0.3 is 35.3 Å². The van der Waals surface area contributed by atoms with Crippen molar-refractivity contribution in [2.75, 3.05) is 26.2 Å². The van der Waals surface area contributed by atoms with Gasteiger partial charge in [-0.2, -0.15) is 5.26 Å². The quantitative estimate of drug-likeness (QED) is 0.244. The average Bonchev–Trinajstić information content (AvgIpc) is 3.47. The SMILES string of the molecule is CC(C)C(=[N-])NC(=O)N1CCC([C@H](C)CCOc2ccc([C@H](C)[C@H](NC(=O)OC(C)(C)C)C(=O)N3CCC[C@H]3C#N)c(F)c2)CC1. The fourth-order valence-electron chi connectivity index (χ4n) is 5.93. The predicted octanol–water partition coefficient (Wildman–Crippen LogP) is 5.79. The van der Waals surface area contributed by atoms with Gasteiger partial charge in [-0.05, 0) is 82.3 Å². The smallest absolute Gasteiger partial charge is 0.408 e. The van der Waals surface area contributed by atoms with Crippen LogP contribution in [0, 0.1) is 34.9 Å². The number of nitrogens with one attached hydrogen (secondary N) is 2. The Labute approximate surface area is 272 Å². The van der Waals surface area contributed by atoms with Crippen molar-refractivity contribution in [2.24, 2.45) is 17.8 Å². The lowest BCUT2D eigenvalue weighted by Gasteiger charge is -2.37. The van der Waals surface area contributed by atoms with E-state index in [9.17, 15) is 25.1 Å². The molecule has 2 aliphatic rings. The molecule has 0 spiro atoms. The summed E-state index contributed by atoms with van der Waals surface area (Å²) in [7, 11) is 0. The van der Waals surface area contributed by atoms with Crippen LogP contribution in [0.2, 0.25) is 0 Å². The number of carbonyl (C=O) groups is 3. The number of benzene rings is 1. The van der Waals surface area contributed by atoms with E-state index in [-0.39, 0.29) is 23.3 Å². The lowest BCUT2D eigenvalue weighted by Crippen LogP contribution is -2.53. The zero-order valence-corrected chi connectivity index (χ0v) is 28.3. The molecule has 46 heavy (non-hydrogen) atoms.